The van der Waals surface area contributed by atoms with Gasteiger partial charge in [0.15, 0.2) is 0 Å². The van der Waals surface area contributed by atoms with Crippen molar-refractivity contribution < 1.29 is 9.84 Å². The summed E-state index contributed by atoms with van der Waals surface area (Å²) in [7, 11) is 1.74. The van der Waals surface area contributed by atoms with Crippen molar-refractivity contribution in [2.75, 3.05) is 20.2 Å². The van der Waals surface area contributed by atoms with E-state index in [2.05, 4.69) is 23.5 Å². The van der Waals surface area contributed by atoms with Crippen molar-refractivity contribution in [2.24, 2.45) is 5.92 Å². The van der Waals surface area contributed by atoms with Gasteiger partial charge in [-0.2, -0.15) is 0 Å². The van der Waals surface area contributed by atoms with Gasteiger partial charge in [-0.1, -0.05) is 25.3 Å². The Morgan fingerprint density at radius 2 is 2.00 bits per heavy atom. The zero-order valence-corrected chi connectivity index (χ0v) is 15.7. The van der Waals surface area contributed by atoms with E-state index >= 15 is 0 Å². The van der Waals surface area contributed by atoms with Crippen LogP contribution in [0.2, 0.25) is 0 Å². The lowest BCUT2D eigenvalue weighted by Crippen LogP contribution is -2.57. The molecule has 0 bridgehead atoms. The first kappa shape index (κ1) is 17.4. The van der Waals surface area contributed by atoms with Crippen molar-refractivity contribution >= 4 is 0 Å². The second kappa shape index (κ2) is 6.92. The van der Waals surface area contributed by atoms with Crippen LogP contribution in [0.15, 0.2) is 18.2 Å². The van der Waals surface area contributed by atoms with Gasteiger partial charge in [0, 0.05) is 5.41 Å². The van der Waals surface area contributed by atoms with E-state index in [0.717, 1.165) is 63.3 Å². The standard InChI is InChI=1S/C22H33NO2/c1-25-19-8-7-18-9-12-22(24)11-3-2-10-21(22,20(18)15-19)13-14-23-16-17-5-4-6-17/h7-8,15,17,23-24H,2-6,9-14,16H2,1H3. The summed E-state index contributed by atoms with van der Waals surface area (Å²) < 4.78 is 5.52. The molecule has 2 atom stereocenters. The third-order valence-electron chi connectivity index (χ3n) is 7.36. The molecular weight excluding hydrogens is 310 g/mol. The fraction of sp³-hybridized carbons (Fsp3) is 0.727. The summed E-state index contributed by atoms with van der Waals surface area (Å²) in [5.74, 6) is 1.82. The normalized spacial score (nSPS) is 31.8. The van der Waals surface area contributed by atoms with Crippen LogP contribution in [0.1, 0.15) is 68.9 Å². The number of hydrogen-bond donors (Lipinski definition) is 2. The Bertz CT molecular complexity index is 612. The van der Waals surface area contributed by atoms with Crippen LogP contribution < -0.4 is 10.1 Å². The Morgan fingerprint density at radius 1 is 1.16 bits per heavy atom. The summed E-state index contributed by atoms with van der Waals surface area (Å²) in [5.41, 5.74) is 2.15. The Balaban J connectivity index is 1.59. The van der Waals surface area contributed by atoms with Gasteiger partial charge in [-0.25, -0.2) is 0 Å². The highest BCUT2D eigenvalue weighted by Crippen LogP contribution is 2.55. The van der Waals surface area contributed by atoms with E-state index < -0.39 is 5.60 Å². The number of nitrogens with one attached hydrogen (secondary N) is 1. The van der Waals surface area contributed by atoms with Gasteiger partial charge in [-0.05, 0) is 87.2 Å². The third-order valence-corrected chi connectivity index (χ3v) is 7.36. The number of benzene rings is 1. The average molecular weight is 344 g/mol. The average Bonchev–Trinajstić information content (AvgIpc) is 2.60. The molecule has 3 nitrogen and oxygen atoms in total. The minimum Gasteiger partial charge on any atom is -0.497 e. The molecule has 2 saturated carbocycles. The van der Waals surface area contributed by atoms with Crippen LogP contribution in [-0.4, -0.2) is 30.9 Å². The van der Waals surface area contributed by atoms with Crippen LogP contribution >= 0.6 is 0 Å². The monoisotopic (exact) mass is 343 g/mol. The molecular formula is C22H33NO2. The summed E-state index contributed by atoms with van der Waals surface area (Å²) >= 11 is 0. The predicted octanol–water partition coefficient (Wildman–Crippen LogP) is 3.96. The molecule has 0 amide bonds. The van der Waals surface area contributed by atoms with E-state index in [1.54, 1.807) is 7.11 Å². The molecule has 0 aromatic heterocycles. The molecule has 1 aromatic rings. The minimum absolute atomic E-state index is 0.0972. The van der Waals surface area contributed by atoms with Gasteiger partial charge >= 0.3 is 0 Å². The zero-order valence-electron chi connectivity index (χ0n) is 15.7. The molecule has 25 heavy (non-hydrogen) atoms. The summed E-state index contributed by atoms with van der Waals surface area (Å²) in [6.45, 7) is 2.16. The van der Waals surface area contributed by atoms with Crippen molar-refractivity contribution in [3.8, 4) is 5.75 Å². The van der Waals surface area contributed by atoms with Gasteiger partial charge in [-0.3, -0.25) is 0 Å². The molecule has 138 valence electrons. The van der Waals surface area contributed by atoms with Gasteiger partial charge in [-0.15, -0.1) is 0 Å². The van der Waals surface area contributed by atoms with Crippen LogP contribution in [0, 0.1) is 5.92 Å². The van der Waals surface area contributed by atoms with E-state index in [0.29, 0.717) is 0 Å². The van der Waals surface area contributed by atoms with E-state index in [1.807, 2.05) is 0 Å². The predicted molar refractivity (Wildman–Crippen MR) is 101 cm³/mol. The first-order valence-electron chi connectivity index (χ1n) is 10.3. The van der Waals surface area contributed by atoms with Gasteiger partial charge in [0.05, 0.1) is 12.7 Å². The van der Waals surface area contributed by atoms with Gasteiger partial charge < -0.3 is 15.2 Å². The molecule has 4 rings (SSSR count). The van der Waals surface area contributed by atoms with E-state index in [9.17, 15) is 5.11 Å². The van der Waals surface area contributed by atoms with E-state index in [-0.39, 0.29) is 5.41 Å². The molecule has 3 heteroatoms. The molecule has 2 fully saturated rings. The molecule has 0 heterocycles. The molecule has 3 aliphatic carbocycles. The lowest BCUT2D eigenvalue weighted by molar-refractivity contribution is -0.0869. The van der Waals surface area contributed by atoms with E-state index in [4.69, 9.17) is 4.74 Å². The highest BCUT2D eigenvalue weighted by molar-refractivity contribution is 5.46. The maximum atomic E-state index is 11.6. The van der Waals surface area contributed by atoms with Crippen molar-refractivity contribution in [2.45, 2.75) is 75.2 Å². The van der Waals surface area contributed by atoms with Crippen molar-refractivity contribution in [1.29, 1.82) is 0 Å². The topological polar surface area (TPSA) is 41.5 Å². The highest BCUT2D eigenvalue weighted by atomic mass is 16.5. The summed E-state index contributed by atoms with van der Waals surface area (Å²) in [6.07, 6.45) is 11.6. The third kappa shape index (κ3) is 3.00. The van der Waals surface area contributed by atoms with Gasteiger partial charge in [0.2, 0.25) is 0 Å². The summed E-state index contributed by atoms with van der Waals surface area (Å²) in [6, 6.07) is 6.52. The van der Waals surface area contributed by atoms with E-state index in [1.165, 1.54) is 36.8 Å². The summed E-state index contributed by atoms with van der Waals surface area (Å²) in [5, 5.41) is 15.3. The summed E-state index contributed by atoms with van der Waals surface area (Å²) in [4.78, 5) is 0. The molecule has 2 unspecified atom stereocenters. The molecule has 0 spiro atoms. The van der Waals surface area contributed by atoms with Gasteiger partial charge in [0.25, 0.3) is 0 Å². The number of fused-ring (bicyclic) bond motifs is 3. The molecule has 0 radical (unpaired) electrons. The van der Waals surface area contributed by atoms with Crippen molar-refractivity contribution in [3.05, 3.63) is 29.3 Å². The number of aryl methyl sites for hydroxylation is 1. The number of ether oxygens (including phenoxy) is 1. The largest absolute Gasteiger partial charge is 0.497 e. The Morgan fingerprint density at radius 3 is 2.76 bits per heavy atom. The van der Waals surface area contributed by atoms with Crippen LogP contribution in [0.25, 0.3) is 0 Å². The maximum Gasteiger partial charge on any atom is 0.119 e. The number of rotatable bonds is 6. The molecule has 1 aromatic carbocycles. The Labute approximate surface area is 152 Å². The van der Waals surface area contributed by atoms with Crippen LogP contribution in [0.4, 0.5) is 0 Å². The Hall–Kier alpha value is -1.06. The highest BCUT2D eigenvalue weighted by Gasteiger charge is 2.54. The van der Waals surface area contributed by atoms with Crippen LogP contribution in [0.3, 0.4) is 0 Å². The van der Waals surface area contributed by atoms with Gasteiger partial charge in [0.1, 0.15) is 5.75 Å². The molecule has 2 N–H and O–H groups in total. The van der Waals surface area contributed by atoms with Crippen molar-refractivity contribution in [3.63, 3.8) is 0 Å². The van der Waals surface area contributed by atoms with Crippen LogP contribution in [0.5, 0.6) is 5.75 Å². The Kier molecular flexibility index (Phi) is 4.81. The second-order valence-corrected chi connectivity index (χ2v) is 8.59. The minimum atomic E-state index is -0.539. The zero-order chi connectivity index (χ0) is 17.3. The SMILES string of the molecule is COc1ccc2c(c1)C1(CCNCC3CCC3)CCCCC1(O)CC2. The fourth-order valence-electron chi connectivity index (χ4n) is 5.55. The first-order chi connectivity index (χ1) is 12.2. The molecule has 0 saturated heterocycles. The smallest absolute Gasteiger partial charge is 0.119 e. The first-order valence-corrected chi connectivity index (χ1v) is 10.3. The quantitative estimate of drug-likeness (QED) is 0.768. The fourth-order valence-corrected chi connectivity index (χ4v) is 5.55. The molecule has 3 aliphatic rings. The second-order valence-electron chi connectivity index (χ2n) is 8.59. The number of hydrogen-bond acceptors (Lipinski definition) is 3. The van der Waals surface area contributed by atoms with Crippen molar-refractivity contribution in [1.82, 2.24) is 5.32 Å². The molecule has 0 aliphatic heterocycles. The number of methoxy groups -OCH3 is 1. The lowest BCUT2D eigenvalue weighted by atomic mass is 9.53. The lowest BCUT2D eigenvalue weighted by Gasteiger charge is -2.55. The van der Waals surface area contributed by atoms with Crippen LogP contribution in [-0.2, 0) is 11.8 Å². The maximum absolute atomic E-state index is 11.6. The number of aliphatic hydroxyl groups is 1.